The summed E-state index contributed by atoms with van der Waals surface area (Å²) < 4.78 is 0. The number of benzene rings is 1. The van der Waals surface area contributed by atoms with Crippen LogP contribution in [-0.2, 0) is 0 Å². The number of hydrogen-bond acceptors (Lipinski definition) is 2. The molecule has 1 aromatic rings. The molecule has 0 bridgehead atoms. The van der Waals surface area contributed by atoms with Crippen molar-refractivity contribution in [3.63, 3.8) is 0 Å². The number of primary amides is 1. The first-order valence-corrected chi connectivity index (χ1v) is 9.15. The first-order chi connectivity index (χ1) is 12.0. The van der Waals surface area contributed by atoms with Crippen LogP contribution in [0.5, 0.6) is 0 Å². The summed E-state index contributed by atoms with van der Waals surface area (Å²) in [6, 6.07) is 8.64. The van der Waals surface area contributed by atoms with Gasteiger partial charge in [-0.05, 0) is 32.3 Å². The molecule has 0 aromatic heterocycles. The Morgan fingerprint density at radius 3 is 2.52 bits per heavy atom. The molecule has 0 saturated carbocycles. The number of likely N-dealkylation sites (tertiary alicyclic amines) is 1. The quantitative estimate of drug-likeness (QED) is 0.565. The van der Waals surface area contributed by atoms with Crippen LogP contribution in [0.25, 0.3) is 0 Å². The van der Waals surface area contributed by atoms with Crippen LogP contribution in [0.3, 0.4) is 0 Å². The van der Waals surface area contributed by atoms with E-state index in [1.54, 1.807) is 4.90 Å². The van der Waals surface area contributed by atoms with E-state index in [1.807, 2.05) is 0 Å². The van der Waals surface area contributed by atoms with Crippen LogP contribution in [0.1, 0.15) is 43.7 Å². The van der Waals surface area contributed by atoms with Crippen molar-refractivity contribution in [1.82, 2.24) is 15.5 Å². The summed E-state index contributed by atoms with van der Waals surface area (Å²) in [5, 5.41) is 6.81. The smallest absolute Gasteiger partial charge is 0.314 e. The van der Waals surface area contributed by atoms with E-state index in [1.165, 1.54) is 11.1 Å². The van der Waals surface area contributed by atoms with E-state index in [4.69, 9.17) is 10.7 Å². The number of urea groups is 1. The number of aryl methyl sites for hydroxylation is 1. The zero-order valence-electron chi connectivity index (χ0n) is 15.6. The van der Waals surface area contributed by atoms with Gasteiger partial charge in [0.1, 0.15) is 0 Å². The minimum atomic E-state index is -0.328. The molecule has 0 radical (unpaired) electrons. The number of aliphatic imine (C=N–C) groups is 1. The van der Waals surface area contributed by atoms with Crippen molar-refractivity contribution in [3.05, 3.63) is 35.4 Å². The molecule has 1 atom stereocenters. The van der Waals surface area contributed by atoms with E-state index in [0.29, 0.717) is 25.0 Å². The zero-order chi connectivity index (χ0) is 18.2. The Balaban J connectivity index is 1.89. The van der Waals surface area contributed by atoms with Crippen molar-refractivity contribution >= 4 is 12.0 Å². The summed E-state index contributed by atoms with van der Waals surface area (Å²) in [6.07, 6.45) is 1.78. The molecule has 4 N–H and O–H groups in total. The molecule has 0 aliphatic carbocycles. The lowest BCUT2D eigenvalue weighted by Crippen LogP contribution is -2.50. The third-order valence-corrected chi connectivity index (χ3v) is 4.66. The Hall–Kier alpha value is -2.24. The van der Waals surface area contributed by atoms with E-state index < -0.39 is 0 Å². The van der Waals surface area contributed by atoms with Crippen LogP contribution >= 0.6 is 0 Å². The van der Waals surface area contributed by atoms with Crippen molar-refractivity contribution < 1.29 is 4.79 Å². The molecule has 1 saturated heterocycles. The summed E-state index contributed by atoms with van der Waals surface area (Å²) in [4.78, 5) is 17.7. The monoisotopic (exact) mass is 345 g/mol. The SMILES string of the molecule is CCNC(=NCC(C)c1ccc(C)cc1)NC1CCN(C(N)=O)CC1. The average Bonchev–Trinajstić information content (AvgIpc) is 2.60. The second-order valence-electron chi connectivity index (χ2n) is 6.78. The van der Waals surface area contributed by atoms with Gasteiger partial charge in [0.2, 0.25) is 0 Å². The Labute approximate surface area is 150 Å². The minimum absolute atomic E-state index is 0.322. The van der Waals surface area contributed by atoms with Crippen LogP contribution < -0.4 is 16.4 Å². The number of piperidine rings is 1. The number of nitrogens with zero attached hydrogens (tertiary/aromatic N) is 2. The van der Waals surface area contributed by atoms with Crippen LogP contribution in [-0.4, -0.2) is 49.1 Å². The molecule has 1 unspecified atom stereocenters. The predicted octanol–water partition coefficient (Wildman–Crippen LogP) is 2.20. The van der Waals surface area contributed by atoms with E-state index in [-0.39, 0.29) is 6.03 Å². The molecule has 6 heteroatoms. The number of nitrogens with one attached hydrogen (secondary N) is 2. The Bertz CT molecular complexity index is 576. The van der Waals surface area contributed by atoms with Crippen LogP contribution in [0.4, 0.5) is 4.79 Å². The van der Waals surface area contributed by atoms with Crippen molar-refractivity contribution in [1.29, 1.82) is 0 Å². The van der Waals surface area contributed by atoms with Gasteiger partial charge in [-0.15, -0.1) is 0 Å². The topological polar surface area (TPSA) is 82.8 Å². The van der Waals surface area contributed by atoms with E-state index >= 15 is 0 Å². The normalized spacial score (nSPS) is 17.2. The maximum atomic E-state index is 11.2. The number of hydrogen-bond donors (Lipinski definition) is 3. The maximum Gasteiger partial charge on any atom is 0.314 e. The highest BCUT2D eigenvalue weighted by Gasteiger charge is 2.21. The fraction of sp³-hybridized carbons (Fsp3) is 0.579. The van der Waals surface area contributed by atoms with Gasteiger partial charge in [0.05, 0.1) is 0 Å². The third-order valence-electron chi connectivity index (χ3n) is 4.66. The highest BCUT2D eigenvalue weighted by atomic mass is 16.2. The molecule has 1 heterocycles. The summed E-state index contributed by atoms with van der Waals surface area (Å²) >= 11 is 0. The molecule has 1 fully saturated rings. The summed E-state index contributed by atoms with van der Waals surface area (Å²) in [5.41, 5.74) is 7.92. The summed E-state index contributed by atoms with van der Waals surface area (Å²) in [6.45, 7) is 9.32. The minimum Gasteiger partial charge on any atom is -0.357 e. The van der Waals surface area contributed by atoms with Gasteiger partial charge in [-0.25, -0.2) is 4.79 Å². The van der Waals surface area contributed by atoms with Crippen molar-refractivity contribution in [2.45, 2.75) is 45.6 Å². The Morgan fingerprint density at radius 1 is 1.32 bits per heavy atom. The molecule has 1 aliphatic rings. The number of carbonyl (C=O) groups is 1. The van der Waals surface area contributed by atoms with E-state index in [9.17, 15) is 4.79 Å². The first-order valence-electron chi connectivity index (χ1n) is 9.15. The fourth-order valence-electron chi connectivity index (χ4n) is 2.99. The van der Waals surface area contributed by atoms with Crippen LogP contribution in [0.15, 0.2) is 29.3 Å². The Kier molecular flexibility index (Phi) is 7.10. The van der Waals surface area contributed by atoms with Gasteiger partial charge >= 0.3 is 6.03 Å². The fourth-order valence-corrected chi connectivity index (χ4v) is 2.99. The molecule has 0 spiro atoms. The van der Waals surface area contributed by atoms with Gasteiger partial charge in [-0.3, -0.25) is 4.99 Å². The van der Waals surface area contributed by atoms with Crippen molar-refractivity contribution in [2.75, 3.05) is 26.2 Å². The predicted molar refractivity (Wildman–Crippen MR) is 103 cm³/mol. The molecular formula is C19H31N5O. The number of amides is 2. The number of rotatable bonds is 5. The number of nitrogens with two attached hydrogens (primary N) is 1. The molecule has 2 rings (SSSR count). The highest BCUT2D eigenvalue weighted by molar-refractivity contribution is 5.80. The van der Waals surface area contributed by atoms with Gasteiger partial charge in [0.25, 0.3) is 0 Å². The van der Waals surface area contributed by atoms with Gasteiger partial charge in [0, 0.05) is 38.1 Å². The molecule has 1 aliphatic heterocycles. The van der Waals surface area contributed by atoms with E-state index in [2.05, 4.69) is 55.7 Å². The van der Waals surface area contributed by atoms with Gasteiger partial charge in [0.15, 0.2) is 5.96 Å². The maximum absolute atomic E-state index is 11.2. The van der Waals surface area contributed by atoms with Crippen molar-refractivity contribution in [2.24, 2.45) is 10.7 Å². The zero-order valence-corrected chi connectivity index (χ0v) is 15.6. The number of guanidine groups is 1. The molecule has 25 heavy (non-hydrogen) atoms. The molecule has 1 aromatic carbocycles. The molecule has 2 amide bonds. The van der Waals surface area contributed by atoms with Gasteiger partial charge < -0.3 is 21.3 Å². The second-order valence-corrected chi connectivity index (χ2v) is 6.78. The lowest BCUT2D eigenvalue weighted by Gasteiger charge is -2.32. The van der Waals surface area contributed by atoms with Gasteiger partial charge in [-0.1, -0.05) is 36.8 Å². The lowest BCUT2D eigenvalue weighted by molar-refractivity contribution is 0.188. The molecular weight excluding hydrogens is 314 g/mol. The largest absolute Gasteiger partial charge is 0.357 e. The second kappa shape index (κ2) is 9.30. The van der Waals surface area contributed by atoms with Crippen molar-refractivity contribution in [3.8, 4) is 0 Å². The highest BCUT2D eigenvalue weighted by Crippen LogP contribution is 2.16. The van der Waals surface area contributed by atoms with Gasteiger partial charge in [-0.2, -0.15) is 0 Å². The molecule has 6 nitrogen and oxygen atoms in total. The first kappa shape index (κ1) is 19.1. The average molecular weight is 345 g/mol. The third kappa shape index (κ3) is 5.96. The van der Waals surface area contributed by atoms with Crippen LogP contribution in [0, 0.1) is 6.92 Å². The summed E-state index contributed by atoms with van der Waals surface area (Å²) in [7, 11) is 0. The molecule has 138 valence electrons. The Morgan fingerprint density at radius 2 is 1.96 bits per heavy atom. The van der Waals surface area contributed by atoms with Crippen LogP contribution in [0.2, 0.25) is 0 Å². The van der Waals surface area contributed by atoms with E-state index in [0.717, 1.165) is 31.9 Å². The standard InChI is InChI=1S/C19H31N5O/c1-4-21-19(23-17-9-11-24(12-10-17)18(20)25)22-13-15(3)16-7-5-14(2)6-8-16/h5-8,15,17H,4,9-13H2,1-3H3,(H2,20,25)(H2,21,22,23). The lowest BCUT2D eigenvalue weighted by atomic mass is 10.0. The number of carbonyl (C=O) groups excluding carboxylic acids is 1. The summed E-state index contributed by atoms with van der Waals surface area (Å²) in [5.74, 6) is 1.21.